The Hall–Kier alpha value is -6.14. The Balaban J connectivity index is 1.87. The number of hydrogen-bond donors (Lipinski definition) is 5. The Kier molecular flexibility index (Phi) is 23.6. The van der Waals surface area contributed by atoms with Gasteiger partial charge in [-0.3, -0.25) is 38.6 Å². The molecule has 2 atom stereocenters. The third-order valence-corrected chi connectivity index (χ3v) is 10.8. The minimum atomic E-state index is -1.05. The number of thioether (sulfide) groups is 1. The van der Waals surface area contributed by atoms with Gasteiger partial charge < -0.3 is 46.3 Å². The number of anilines is 1. The van der Waals surface area contributed by atoms with Crippen LogP contribution in [0, 0.1) is 17.8 Å². The molecule has 1 heterocycles. The number of benzene rings is 1. The summed E-state index contributed by atoms with van der Waals surface area (Å²) < 4.78 is 10.8. The first-order valence-corrected chi connectivity index (χ1v) is 22.5. The number of amides is 9. The zero-order valence-electron chi connectivity index (χ0n) is 38.7. The number of primary amides is 1. The van der Waals surface area contributed by atoms with Gasteiger partial charge in [0.05, 0.1) is 5.54 Å². The third kappa shape index (κ3) is 20.5. The monoisotopic (exact) mass is 927 g/mol. The number of nitrogens with two attached hydrogens (primary N) is 1. The molecule has 9 amide bonds. The fourth-order valence-electron chi connectivity index (χ4n) is 5.87. The molecule has 0 radical (unpaired) electrons. The van der Waals surface area contributed by atoms with Gasteiger partial charge in [0, 0.05) is 71.1 Å². The van der Waals surface area contributed by atoms with E-state index in [4.69, 9.17) is 15.2 Å². The third-order valence-electron chi connectivity index (χ3n) is 10.3. The molecule has 20 nitrogen and oxygen atoms in total. The molecule has 0 spiro atoms. The van der Waals surface area contributed by atoms with Gasteiger partial charge in [-0.1, -0.05) is 50.1 Å². The molecule has 1 aromatic rings. The quantitative estimate of drug-likeness (QED) is 0.0537. The number of urea groups is 1. The Morgan fingerprint density at radius 1 is 0.831 bits per heavy atom. The van der Waals surface area contributed by atoms with E-state index in [9.17, 15) is 43.2 Å². The van der Waals surface area contributed by atoms with Crippen LogP contribution in [0.1, 0.15) is 71.8 Å². The lowest BCUT2D eigenvalue weighted by molar-refractivity contribution is -0.137. The second kappa shape index (κ2) is 27.9. The molecule has 1 aliphatic heterocycles. The summed E-state index contributed by atoms with van der Waals surface area (Å²) in [5, 5.41) is 10.5. The largest absolute Gasteiger partial charge is 0.448 e. The molecule has 0 saturated heterocycles. The average Bonchev–Trinajstić information content (AvgIpc) is 3.58. The van der Waals surface area contributed by atoms with Crippen LogP contribution in [-0.4, -0.2) is 157 Å². The van der Waals surface area contributed by atoms with E-state index >= 15 is 0 Å². The number of ether oxygens (including phenoxy) is 2. The molecule has 0 aliphatic carbocycles. The van der Waals surface area contributed by atoms with Crippen molar-refractivity contribution in [3.63, 3.8) is 0 Å². The van der Waals surface area contributed by atoms with E-state index in [-0.39, 0.29) is 81.0 Å². The fourth-order valence-corrected chi connectivity index (χ4v) is 6.03. The normalized spacial score (nSPS) is 13.0. The molecule has 1 aromatic carbocycles. The highest BCUT2D eigenvalue weighted by Gasteiger charge is 2.29. The van der Waals surface area contributed by atoms with Crippen molar-refractivity contribution in [2.45, 2.75) is 90.4 Å². The van der Waals surface area contributed by atoms with Crippen molar-refractivity contribution >= 4 is 70.3 Å². The van der Waals surface area contributed by atoms with Crippen molar-refractivity contribution in [3.05, 3.63) is 42.0 Å². The molecular formula is C44H65N9O11S. The van der Waals surface area contributed by atoms with E-state index < -0.39 is 47.7 Å². The highest BCUT2D eigenvalue weighted by Crippen LogP contribution is 2.15. The maximum absolute atomic E-state index is 13.5. The van der Waals surface area contributed by atoms with E-state index in [1.54, 1.807) is 51.4 Å². The number of unbranched alkanes of at least 4 members (excludes halogenated alkanes) is 2. The second-order valence-corrected chi connectivity index (χ2v) is 17.0. The number of hydrogen-bond acceptors (Lipinski definition) is 13. The van der Waals surface area contributed by atoms with Crippen molar-refractivity contribution in [1.82, 2.24) is 35.6 Å². The van der Waals surface area contributed by atoms with Crippen molar-refractivity contribution in [2.75, 3.05) is 72.0 Å². The highest BCUT2D eigenvalue weighted by molar-refractivity contribution is 8.13. The molecule has 0 aromatic heterocycles. The standard InChI is InChI=1S/C44H65N9O11S/c1-30(2)38(49-34(54)14-10-9-11-24-53-35(55)19-20-36(53)56)40(59)48-33(13-12-23-46-41(45)60)39(58)47-32-17-15-31(16-18-32)29-64-43(62)51(6)26-25-50(5)42(61)63-28-27-52(7)44(3,4)22-21-37(57)65-8/h15-20,30,33,38H,9-14,23-29H2,1-8H3,(H,47,58)(H,48,59)(H,49,54)(H3,45,46,60)/t33-,38-/m0/s1. The number of imide groups is 1. The maximum atomic E-state index is 13.5. The summed E-state index contributed by atoms with van der Waals surface area (Å²) in [6, 6.07) is 3.76. The van der Waals surface area contributed by atoms with Gasteiger partial charge in [0.15, 0.2) is 0 Å². The van der Waals surface area contributed by atoms with E-state index in [1.165, 1.54) is 29.0 Å². The van der Waals surface area contributed by atoms with Crippen LogP contribution in [0.4, 0.5) is 20.1 Å². The van der Waals surface area contributed by atoms with Crippen LogP contribution < -0.4 is 27.0 Å². The number of nitrogens with zero attached hydrogens (tertiary/aromatic N) is 4. The Bertz CT molecular complexity index is 1910. The van der Waals surface area contributed by atoms with Gasteiger partial charge in [0.2, 0.25) is 17.7 Å². The SMILES string of the molecule is CSC(=O)C#CC(C)(C)N(C)CCOC(=O)N(C)CCN(C)C(=O)OCc1ccc(NC(=O)[C@H](CCCNC(N)=O)NC(=O)[C@@H](NC(=O)CCCCCN2C(=O)C=CC2=O)C(C)C)cc1. The summed E-state index contributed by atoms with van der Waals surface area (Å²) in [7, 11) is 4.90. The van der Waals surface area contributed by atoms with E-state index in [0.29, 0.717) is 43.5 Å². The molecule has 0 bridgehead atoms. The molecule has 21 heteroatoms. The van der Waals surface area contributed by atoms with Crippen LogP contribution in [0.2, 0.25) is 0 Å². The number of rotatable bonds is 25. The number of carbonyl (C=O) groups is 9. The van der Waals surface area contributed by atoms with Crippen LogP contribution >= 0.6 is 11.8 Å². The van der Waals surface area contributed by atoms with E-state index in [0.717, 1.165) is 16.7 Å². The molecule has 1 aliphatic rings. The predicted molar refractivity (Wildman–Crippen MR) is 245 cm³/mol. The molecule has 65 heavy (non-hydrogen) atoms. The number of likely N-dealkylation sites (N-methyl/N-ethyl adjacent to an activating group) is 3. The van der Waals surface area contributed by atoms with Crippen LogP contribution in [0.15, 0.2) is 36.4 Å². The Morgan fingerprint density at radius 3 is 2.03 bits per heavy atom. The lowest BCUT2D eigenvalue weighted by Crippen LogP contribution is -2.54. The zero-order valence-corrected chi connectivity index (χ0v) is 39.5. The summed E-state index contributed by atoms with van der Waals surface area (Å²) in [5.74, 6) is 2.98. The van der Waals surface area contributed by atoms with Crippen molar-refractivity contribution < 1.29 is 52.6 Å². The molecule has 0 saturated carbocycles. The molecule has 358 valence electrons. The van der Waals surface area contributed by atoms with Crippen LogP contribution in [0.3, 0.4) is 0 Å². The van der Waals surface area contributed by atoms with Crippen molar-refractivity contribution in [2.24, 2.45) is 11.7 Å². The summed E-state index contributed by atoms with van der Waals surface area (Å²) in [5.41, 5.74) is 5.57. The smallest absolute Gasteiger partial charge is 0.409 e. The highest BCUT2D eigenvalue weighted by atomic mass is 32.2. The molecule has 6 N–H and O–H groups in total. The van der Waals surface area contributed by atoms with Gasteiger partial charge in [0.1, 0.15) is 25.3 Å². The predicted octanol–water partition coefficient (Wildman–Crippen LogP) is 2.42. The minimum Gasteiger partial charge on any atom is -0.448 e. The lowest BCUT2D eigenvalue weighted by Gasteiger charge is -2.30. The maximum Gasteiger partial charge on any atom is 0.409 e. The topological polar surface area (TPSA) is 259 Å². The minimum absolute atomic E-state index is 0.0822. The Labute approximate surface area is 385 Å². The van der Waals surface area contributed by atoms with Crippen molar-refractivity contribution in [1.29, 1.82) is 0 Å². The van der Waals surface area contributed by atoms with Crippen LogP contribution in [-0.2, 0) is 44.8 Å². The summed E-state index contributed by atoms with van der Waals surface area (Å²) >= 11 is 1.04. The average molecular weight is 928 g/mol. The first kappa shape index (κ1) is 55.0. The first-order chi connectivity index (χ1) is 30.6. The molecule has 2 rings (SSSR count). The summed E-state index contributed by atoms with van der Waals surface area (Å²) in [6.07, 6.45) is 5.01. The molecule has 0 unspecified atom stereocenters. The van der Waals surface area contributed by atoms with Gasteiger partial charge in [0.25, 0.3) is 16.9 Å². The fraction of sp³-hybridized carbons (Fsp3) is 0.568. The van der Waals surface area contributed by atoms with Crippen molar-refractivity contribution in [3.8, 4) is 11.8 Å². The van der Waals surface area contributed by atoms with Gasteiger partial charge in [-0.15, -0.1) is 0 Å². The van der Waals surface area contributed by atoms with E-state index in [1.807, 2.05) is 25.8 Å². The van der Waals surface area contributed by atoms with Gasteiger partial charge in [-0.05, 0) is 82.4 Å². The summed E-state index contributed by atoms with van der Waals surface area (Å²) in [6.45, 7) is 8.37. The first-order valence-electron chi connectivity index (χ1n) is 21.3. The molecular weight excluding hydrogens is 863 g/mol. The van der Waals surface area contributed by atoms with Gasteiger partial charge in [-0.2, -0.15) is 0 Å². The number of nitrogens with one attached hydrogen (secondary N) is 4. The van der Waals surface area contributed by atoms with E-state index in [2.05, 4.69) is 33.1 Å². The lowest BCUT2D eigenvalue weighted by atomic mass is 10.0. The summed E-state index contributed by atoms with van der Waals surface area (Å²) in [4.78, 5) is 117. The second-order valence-electron chi connectivity index (χ2n) is 16.2. The van der Waals surface area contributed by atoms with Gasteiger partial charge in [-0.25, -0.2) is 14.4 Å². The Morgan fingerprint density at radius 2 is 1.45 bits per heavy atom. The van der Waals surface area contributed by atoms with Gasteiger partial charge >= 0.3 is 18.2 Å². The zero-order chi connectivity index (χ0) is 48.7. The molecule has 0 fully saturated rings. The van der Waals surface area contributed by atoms with Crippen LogP contribution in [0.5, 0.6) is 0 Å². The van der Waals surface area contributed by atoms with Crippen LogP contribution in [0.25, 0.3) is 0 Å². The number of carbonyl (C=O) groups excluding carboxylic acids is 9.